The monoisotopic (exact) mass is 636 g/mol. The molecule has 0 amide bonds. The van der Waals surface area contributed by atoms with E-state index in [-0.39, 0.29) is 104 Å². The minimum atomic E-state index is -5.02. The first-order valence-corrected chi connectivity index (χ1v) is 13.7. The summed E-state index contributed by atoms with van der Waals surface area (Å²) in [5.74, 6) is -0.710. The molecule has 0 saturated carbocycles. The Bertz CT molecular complexity index is 1890. The number of benzene rings is 3. The summed E-state index contributed by atoms with van der Waals surface area (Å²) in [5, 5.41) is 21.8. The fourth-order valence-corrected chi connectivity index (χ4v) is 4.98. The van der Waals surface area contributed by atoms with Gasteiger partial charge in [0.15, 0.2) is 0 Å². The Balaban J connectivity index is 0.00000294. The quantitative estimate of drug-likeness (QED) is 0.0603. The summed E-state index contributed by atoms with van der Waals surface area (Å²) in [6.07, 6.45) is 0. The Labute approximate surface area is 282 Å². The first-order chi connectivity index (χ1) is 18.2. The van der Waals surface area contributed by atoms with Gasteiger partial charge in [-0.2, -0.15) is 28.5 Å². The second-order valence-corrected chi connectivity index (χ2v) is 10.7. The van der Waals surface area contributed by atoms with Gasteiger partial charge in [-0.1, -0.05) is 12.1 Å². The largest absolute Gasteiger partial charge is 1.00 e. The molecule has 4 rings (SSSR count). The molecule has 4 aromatic rings. The van der Waals surface area contributed by atoms with E-state index in [1.54, 1.807) is 0 Å². The molecule has 41 heavy (non-hydrogen) atoms. The SMILES string of the molecule is CC([O-])=Nc1cc(Nc2nc(N)nc(Cl)n2)ccc1N=Nc1cc(S(=O)(=O)O)c2cccc(S(=O)(=O)[O-])c2c1.[Na+].[Na+]. The molecular weight excluding hydrogens is 622 g/mol. The molecule has 202 valence electrons. The minimum Gasteiger partial charge on any atom is -0.862 e. The van der Waals surface area contributed by atoms with E-state index in [4.69, 9.17) is 17.3 Å². The van der Waals surface area contributed by atoms with Gasteiger partial charge in [-0.15, -0.1) is 5.11 Å². The third-order valence-electron chi connectivity index (χ3n) is 4.86. The number of anilines is 3. The number of nitrogens with zero attached hydrogens (tertiary/aromatic N) is 6. The van der Waals surface area contributed by atoms with Crippen molar-refractivity contribution in [1.29, 1.82) is 0 Å². The van der Waals surface area contributed by atoms with Crippen LogP contribution in [0.15, 0.2) is 73.5 Å². The number of halogens is 1. The molecule has 1 aromatic heterocycles. The topological polar surface area (TPSA) is 248 Å². The Kier molecular flexibility index (Phi) is 11.7. The number of hydrogen-bond donors (Lipinski definition) is 3. The van der Waals surface area contributed by atoms with Crippen molar-refractivity contribution in [2.75, 3.05) is 11.1 Å². The van der Waals surface area contributed by atoms with Crippen LogP contribution in [-0.4, -0.2) is 46.8 Å². The zero-order chi connectivity index (χ0) is 28.5. The minimum absolute atomic E-state index is 0. The van der Waals surface area contributed by atoms with Crippen LogP contribution in [0.25, 0.3) is 10.8 Å². The maximum atomic E-state index is 12.0. The van der Waals surface area contributed by atoms with Gasteiger partial charge in [0.2, 0.25) is 17.2 Å². The molecule has 15 nitrogen and oxygen atoms in total. The normalized spacial score (nSPS) is 12.1. The standard InChI is InChI=1S/C21H17ClN8O7S2.2Na/c1-10(31)24-16-8-11(25-21-27-19(22)26-20(23)28-21)5-6-15(16)30-29-12-7-14-13(18(9-12)39(35,36)37)3-2-4-17(14)38(32,33)34;;/h2-9H,1H3,(H,24,31)(H,32,33,34)(H,35,36,37)(H3,23,25,26,27,28);;/q;2*+1/p-2. The molecule has 0 aliphatic heterocycles. The molecule has 3 aromatic carbocycles. The van der Waals surface area contributed by atoms with E-state index in [9.17, 15) is 31.0 Å². The van der Waals surface area contributed by atoms with Crippen molar-refractivity contribution < 1.29 is 90.2 Å². The number of nitrogen functional groups attached to an aromatic ring is 1. The third kappa shape index (κ3) is 8.85. The second kappa shape index (κ2) is 13.8. The number of aliphatic imine (C=N–C) groups is 1. The van der Waals surface area contributed by atoms with Crippen molar-refractivity contribution in [1.82, 2.24) is 15.0 Å². The fourth-order valence-electron chi connectivity index (χ4n) is 3.41. The smallest absolute Gasteiger partial charge is 0.862 e. The number of rotatable bonds is 7. The first kappa shape index (κ1) is 34.9. The van der Waals surface area contributed by atoms with Crippen LogP contribution in [0.4, 0.5) is 34.6 Å². The van der Waals surface area contributed by atoms with E-state index in [0.29, 0.717) is 5.69 Å². The van der Waals surface area contributed by atoms with E-state index < -0.39 is 35.9 Å². The Morgan fingerprint density at radius 1 is 0.951 bits per heavy atom. The summed E-state index contributed by atoms with van der Waals surface area (Å²) >= 11 is 5.77. The van der Waals surface area contributed by atoms with Crippen LogP contribution in [0.5, 0.6) is 0 Å². The fraction of sp³-hybridized carbons (Fsp3) is 0.0476. The summed E-state index contributed by atoms with van der Waals surface area (Å²) in [4.78, 5) is 13.9. The summed E-state index contributed by atoms with van der Waals surface area (Å²) in [7, 11) is -9.89. The molecule has 0 unspecified atom stereocenters. The van der Waals surface area contributed by atoms with Gasteiger partial charge in [0.1, 0.15) is 20.7 Å². The van der Waals surface area contributed by atoms with E-state index in [2.05, 4.69) is 35.5 Å². The van der Waals surface area contributed by atoms with Crippen LogP contribution in [0, 0.1) is 0 Å². The second-order valence-electron chi connectivity index (χ2n) is 7.67. The van der Waals surface area contributed by atoms with E-state index in [0.717, 1.165) is 24.3 Å². The van der Waals surface area contributed by atoms with Crippen molar-refractivity contribution in [2.24, 2.45) is 15.2 Å². The Morgan fingerprint density at radius 3 is 2.27 bits per heavy atom. The first-order valence-electron chi connectivity index (χ1n) is 10.4. The number of aromatic nitrogens is 3. The van der Waals surface area contributed by atoms with E-state index in [1.807, 2.05) is 0 Å². The molecule has 0 atom stereocenters. The average molecular weight is 637 g/mol. The van der Waals surface area contributed by atoms with Gasteiger partial charge >= 0.3 is 59.1 Å². The molecule has 0 radical (unpaired) electrons. The number of fused-ring (bicyclic) bond motifs is 1. The molecule has 4 N–H and O–H groups in total. The molecule has 0 saturated heterocycles. The van der Waals surface area contributed by atoms with E-state index in [1.165, 1.54) is 31.2 Å². The van der Waals surface area contributed by atoms with Crippen molar-refractivity contribution in [3.05, 3.63) is 53.8 Å². The van der Waals surface area contributed by atoms with Gasteiger partial charge in [0.25, 0.3) is 10.1 Å². The summed E-state index contributed by atoms with van der Waals surface area (Å²) in [5.41, 5.74) is 5.75. The van der Waals surface area contributed by atoms with Crippen LogP contribution in [0.1, 0.15) is 6.92 Å². The molecule has 0 bridgehead atoms. The van der Waals surface area contributed by atoms with Gasteiger partial charge in [-0.05, 0) is 60.8 Å². The van der Waals surface area contributed by atoms with Crippen LogP contribution in [0.3, 0.4) is 0 Å². The number of nitrogens with two attached hydrogens (primary N) is 1. The summed E-state index contributed by atoms with van der Waals surface area (Å²) in [6, 6.07) is 9.72. The zero-order valence-electron chi connectivity index (χ0n) is 21.5. The number of nitrogens with one attached hydrogen (secondary N) is 1. The summed E-state index contributed by atoms with van der Waals surface area (Å²) in [6.45, 7) is 1.19. The average Bonchev–Trinajstić information content (AvgIpc) is 2.80. The van der Waals surface area contributed by atoms with Crippen molar-refractivity contribution in [3.63, 3.8) is 0 Å². The Hall–Kier alpha value is -2.29. The van der Waals surface area contributed by atoms with Gasteiger partial charge in [0, 0.05) is 16.5 Å². The van der Waals surface area contributed by atoms with Crippen LogP contribution in [0.2, 0.25) is 5.28 Å². The van der Waals surface area contributed by atoms with E-state index >= 15 is 0 Å². The predicted molar refractivity (Wildman–Crippen MR) is 138 cm³/mol. The van der Waals surface area contributed by atoms with Gasteiger partial charge in [0.05, 0.1) is 16.3 Å². The van der Waals surface area contributed by atoms with Gasteiger partial charge in [-0.25, -0.2) is 8.42 Å². The third-order valence-corrected chi connectivity index (χ3v) is 6.82. The predicted octanol–water partition coefficient (Wildman–Crippen LogP) is -3.01. The zero-order valence-corrected chi connectivity index (χ0v) is 27.9. The van der Waals surface area contributed by atoms with Crippen molar-refractivity contribution in [2.45, 2.75) is 16.7 Å². The number of hydrogen-bond acceptors (Lipinski definition) is 14. The van der Waals surface area contributed by atoms with Crippen molar-refractivity contribution >= 4 is 83.2 Å². The maximum absolute atomic E-state index is 12.0. The Morgan fingerprint density at radius 2 is 1.66 bits per heavy atom. The maximum Gasteiger partial charge on any atom is 1.00 e. The molecule has 20 heteroatoms. The molecule has 0 fully saturated rings. The van der Waals surface area contributed by atoms with Gasteiger partial charge < -0.3 is 20.7 Å². The molecule has 0 aliphatic rings. The molecule has 0 spiro atoms. The van der Waals surface area contributed by atoms with Gasteiger partial charge in [-0.3, -0.25) is 9.55 Å². The van der Waals surface area contributed by atoms with Crippen molar-refractivity contribution in [3.8, 4) is 0 Å². The van der Waals surface area contributed by atoms with Crippen LogP contribution < -0.4 is 75.3 Å². The summed E-state index contributed by atoms with van der Waals surface area (Å²) < 4.78 is 69.0. The van der Waals surface area contributed by atoms with Crippen LogP contribution in [-0.2, 0) is 20.2 Å². The van der Waals surface area contributed by atoms with Crippen LogP contribution >= 0.6 is 11.6 Å². The molecule has 0 aliphatic carbocycles. The molecule has 1 heterocycles. The molecular formula is C21H15ClN8Na2O7S2. The number of azo groups is 1.